The lowest BCUT2D eigenvalue weighted by Gasteiger charge is -2.04. The van der Waals surface area contributed by atoms with Gasteiger partial charge in [0, 0.05) is 24.5 Å². The van der Waals surface area contributed by atoms with Crippen LogP contribution < -0.4 is 5.32 Å². The van der Waals surface area contributed by atoms with Crippen molar-refractivity contribution in [3.8, 4) is 11.4 Å². The second-order valence-corrected chi connectivity index (χ2v) is 5.83. The first-order valence-corrected chi connectivity index (χ1v) is 7.42. The van der Waals surface area contributed by atoms with Crippen molar-refractivity contribution in [3.05, 3.63) is 36.1 Å². The molecular weight excluding hydrogens is 339 g/mol. The molecule has 0 radical (unpaired) electrons. The highest BCUT2D eigenvalue weighted by molar-refractivity contribution is 5.92. The largest absolute Gasteiger partial charge is 0.471 e. The molecule has 0 aromatic carbocycles. The predicted octanol–water partition coefficient (Wildman–Crippen LogP) is 2.79. The molecule has 10 heteroatoms. The maximum Gasteiger partial charge on any atom is 0.471 e. The molecular formula is C15H14F3N5O2. The van der Waals surface area contributed by atoms with Crippen LogP contribution >= 0.6 is 0 Å². The topological polar surface area (TPSA) is 85.3 Å². The van der Waals surface area contributed by atoms with E-state index < -0.39 is 12.1 Å². The van der Waals surface area contributed by atoms with Crippen molar-refractivity contribution in [2.75, 3.05) is 6.54 Å². The molecule has 0 saturated heterocycles. The highest BCUT2D eigenvalue weighted by Gasteiger charge is 2.38. The molecule has 0 aliphatic carbocycles. The number of nitrogens with one attached hydrogen (secondary N) is 1. The Morgan fingerprint density at radius 2 is 2.04 bits per heavy atom. The van der Waals surface area contributed by atoms with Crippen LogP contribution in [0.5, 0.6) is 0 Å². The first kappa shape index (κ1) is 16.9. The van der Waals surface area contributed by atoms with Gasteiger partial charge in [-0.15, -0.1) is 0 Å². The number of amides is 1. The molecule has 3 rings (SSSR count). The fourth-order valence-electron chi connectivity index (χ4n) is 2.08. The number of alkyl halides is 3. The molecule has 0 bridgehead atoms. The van der Waals surface area contributed by atoms with Gasteiger partial charge in [0.25, 0.3) is 5.91 Å². The van der Waals surface area contributed by atoms with E-state index in [4.69, 9.17) is 0 Å². The second-order valence-electron chi connectivity index (χ2n) is 5.83. The summed E-state index contributed by atoms with van der Waals surface area (Å²) in [5.74, 6) is -1.64. The number of halogens is 3. The lowest BCUT2D eigenvalue weighted by Crippen LogP contribution is -2.27. The Labute approximate surface area is 139 Å². The quantitative estimate of drug-likeness (QED) is 0.780. The van der Waals surface area contributed by atoms with Gasteiger partial charge < -0.3 is 14.2 Å². The van der Waals surface area contributed by atoms with Crippen molar-refractivity contribution < 1.29 is 22.5 Å². The molecule has 0 unspecified atom stereocenters. The molecule has 7 nitrogen and oxygen atoms in total. The lowest BCUT2D eigenvalue weighted by atomic mass is 10.2. The van der Waals surface area contributed by atoms with E-state index in [2.05, 4.69) is 25.0 Å². The van der Waals surface area contributed by atoms with Crippen LogP contribution in [0.2, 0.25) is 0 Å². The van der Waals surface area contributed by atoms with Crippen LogP contribution in [0.3, 0.4) is 0 Å². The van der Waals surface area contributed by atoms with Crippen molar-refractivity contribution in [1.82, 2.24) is 24.8 Å². The molecule has 0 fully saturated rings. The minimum absolute atomic E-state index is 0.200. The zero-order chi connectivity index (χ0) is 18.2. The summed E-state index contributed by atoms with van der Waals surface area (Å²) in [6, 6.07) is 3.06. The summed E-state index contributed by atoms with van der Waals surface area (Å²) in [5.41, 5.74) is 0.984. The number of aromatic nitrogens is 4. The normalized spacial score (nSPS) is 12.1. The molecule has 0 spiro atoms. The fourth-order valence-corrected chi connectivity index (χ4v) is 2.08. The number of carbonyl (C=O) groups excluding carboxylic acids is 1. The van der Waals surface area contributed by atoms with Crippen LogP contribution in [0.25, 0.3) is 17.0 Å². The van der Waals surface area contributed by atoms with Gasteiger partial charge in [0.1, 0.15) is 11.3 Å². The van der Waals surface area contributed by atoms with Gasteiger partial charge in [0.15, 0.2) is 0 Å². The van der Waals surface area contributed by atoms with Crippen molar-refractivity contribution in [3.63, 3.8) is 0 Å². The van der Waals surface area contributed by atoms with E-state index in [-0.39, 0.29) is 17.4 Å². The third kappa shape index (κ3) is 3.62. The van der Waals surface area contributed by atoms with Crippen molar-refractivity contribution >= 4 is 11.6 Å². The summed E-state index contributed by atoms with van der Waals surface area (Å²) < 4.78 is 43.3. The van der Waals surface area contributed by atoms with Crippen molar-refractivity contribution in [2.24, 2.45) is 5.92 Å². The van der Waals surface area contributed by atoms with E-state index in [1.165, 1.54) is 22.9 Å². The van der Waals surface area contributed by atoms with Gasteiger partial charge >= 0.3 is 12.1 Å². The Bertz CT molecular complexity index is 913. The average Bonchev–Trinajstić information content (AvgIpc) is 3.17. The average molecular weight is 353 g/mol. The second kappa shape index (κ2) is 6.19. The zero-order valence-electron chi connectivity index (χ0n) is 13.3. The standard InChI is InChI=1S/C15H14F3N5O2/c1-8(2)5-19-13(24)10-7-23-6-9(3-4-11(23)20-10)12-21-14(25-22-12)15(16,17)18/h3-4,6-8H,5H2,1-2H3,(H,19,24). The summed E-state index contributed by atoms with van der Waals surface area (Å²) in [6.45, 7) is 4.45. The minimum Gasteiger partial charge on any atom is -0.350 e. The third-order valence-electron chi connectivity index (χ3n) is 3.28. The summed E-state index contributed by atoms with van der Waals surface area (Å²) >= 11 is 0. The molecule has 1 N–H and O–H groups in total. The maximum atomic E-state index is 12.5. The van der Waals surface area contributed by atoms with Gasteiger partial charge in [-0.2, -0.15) is 18.2 Å². The Balaban J connectivity index is 1.87. The molecule has 3 heterocycles. The van der Waals surface area contributed by atoms with Gasteiger partial charge in [-0.1, -0.05) is 19.0 Å². The van der Waals surface area contributed by atoms with Crippen LogP contribution in [0.4, 0.5) is 13.2 Å². The predicted molar refractivity (Wildman–Crippen MR) is 80.7 cm³/mol. The van der Waals surface area contributed by atoms with E-state index in [9.17, 15) is 18.0 Å². The molecule has 0 atom stereocenters. The Morgan fingerprint density at radius 3 is 2.68 bits per heavy atom. The highest BCUT2D eigenvalue weighted by Crippen LogP contribution is 2.29. The smallest absolute Gasteiger partial charge is 0.350 e. The van der Waals surface area contributed by atoms with Crippen LogP contribution in [0.1, 0.15) is 30.2 Å². The van der Waals surface area contributed by atoms with Gasteiger partial charge in [-0.05, 0) is 18.1 Å². The minimum atomic E-state index is -4.70. The van der Waals surface area contributed by atoms with Crippen LogP contribution in [-0.2, 0) is 6.18 Å². The van der Waals surface area contributed by atoms with Gasteiger partial charge in [0.2, 0.25) is 5.82 Å². The SMILES string of the molecule is CC(C)CNC(=O)c1cn2cc(-c3noc(C(F)(F)F)n3)ccc2n1. The van der Waals surface area contributed by atoms with Gasteiger partial charge in [-0.3, -0.25) is 4.79 Å². The lowest BCUT2D eigenvalue weighted by molar-refractivity contribution is -0.159. The number of hydrogen-bond donors (Lipinski definition) is 1. The van der Waals surface area contributed by atoms with Crippen LogP contribution in [-0.4, -0.2) is 32.0 Å². The molecule has 1 amide bonds. The van der Waals surface area contributed by atoms with Crippen molar-refractivity contribution in [2.45, 2.75) is 20.0 Å². The molecule has 132 valence electrons. The number of nitrogens with zero attached hydrogens (tertiary/aromatic N) is 4. The summed E-state index contributed by atoms with van der Waals surface area (Å²) in [5, 5.41) is 6.08. The Kier molecular flexibility index (Phi) is 4.19. The molecule has 0 saturated carbocycles. The third-order valence-corrected chi connectivity index (χ3v) is 3.28. The number of pyridine rings is 1. The van der Waals surface area contributed by atoms with E-state index >= 15 is 0 Å². The number of imidazole rings is 1. The first-order chi connectivity index (χ1) is 11.7. The number of fused-ring (bicyclic) bond motifs is 1. The summed E-state index contributed by atoms with van der Waals surface area (Å²) in [7, 11) is 0. The van der Waals surface area contributed by atoms with Crippen molar-refractivity contribution in [1.29, 1.82) is 0 Å². The molecule has 3 aromatic heterocycles. The van der Waals surface area contributed by atoms with E-state index in [0.717, 1.165) is 0 Å². The summed E-state index contributed by atoms with van der Waals surface area (Å²) in [4.78, 5) is 19.5. The number of rotatable bonds is 4. The number of hydrogen-bond acceptors (Lipinski definition) is 5. The number of carbonyl (C=O) groups is 1. The maximum absolute atomic E-state index is 12.5. The van der Waals surface area contributed by atoms with Gasteiger partial charge in [0.05, 0.1) is 0 Å². The molecule has 25 heavy (non-hydrogen) atoms. The van der Waals surface area contributed by atoms with E-state index in [1.54, 1.807) is 6.07 Å². The van der Waals surface area contributed by atoms with E-state index in [0.29, 0.717) is 23.7 Å². The Morgan fingerprint density at radius 1 is 1.28 bits per heavy atom. The Hall–Kier alpha value is -2.91. The van der Waals surface area contributed by atoms with E-state index in [1.807, 2.05) is 13.8 Å². The molecule has 0 aliphatic rings. The fraction of sp³-hybridized carbons (Fsp3) is 0.333. The van der Waals surface area contributed by atoms with Crippen LogP contribution in [0.15, 0.2) is 29.0 Å². The van der Waals surface area contributed by atoms with Gasteiger partial charge in [-0.25, -0.2) is 4.98 Å². The first-order valence-electron chi connectivity index (χ1n) is 7.42. The molecule has 0 aliphatic heterocycles. The molecule has 3 aromatic rings. The summed E-state index contributed by atoms with van der Waals surface area (Å²) in [6.07, 6.45) is -1.74. The van der Waals surface area contributed by atoms with Crippen LogP contribution in [0, 0.1) is 5.92 Å². The zero-order valence-corrected chi connectivity index (χ0v) is 13.3. The highest BCUT2D eigenvalue weighted by atomic mass is 19.4. The monoisotopic (exact) mass is 353 g/mol.